The van der Waals surface area contributed by atoms with E-state index in [1.807, 2.05) is 68.8 Å². The van der Waals surface area contributed by atoms with E-state index in [1.54, 1.807) is 6.07 Å². The number of fused-ring (bicyclic) bond motifs is 1. The van der Waals surface area contributed by atoms with Crippen LogP contribution < -0.4 is 5.32 Å². The predicted octanol–water partition coefficient (Wildman–Crippen LogP) is 4.58. The Kier molecular flexibility index (Phi) is 4.45. The Morgan fingerprint density at radius 3 is 2.56 bits per heavy atom. The lowest BCUT2D eigenvalue weighted by Gasteiger charge is -2.17. The molecule has 128 valence electrons. The van der Waals surface area contributed by atoms with Crippen LogP contribution in [0.1, 0.15) is 40.0 Å². The highest BCUT2D eigenvalue weighted by Gasteiger charge is 2.19. The number of nitrogens with one attached hydrogen (secondary N) is 1. The highest BCUT2D eigenvalue weighted by molar-refractivity contribution is 5.96. The summed E-state index contributed by atoms with van der Waals surface area (Å²) in [6.45, 7) is 7.86. The summed E-state index contributed by atoms with van der Waals surface area (Å²) in [5, 5.41) is 4.03. The first-order valence-electron chi connectivity index (χ1n) is 8.35. The molecule has 0 aliphatic carbocycles. The first kappa shape index (κ1) is 17.0. The number of amides is 1. The molecule has 3 rings (SSSR count). The third-order valence-corrected chi connectivity index (χ3v) is 4.64. The van der Waals surface area contributed by atoms with Gasteiger partial charge in [-0.25, -0.2) is 0 Å². The molecule has 1 unspecified atom stereocenters. The largest absolute Gasteiger partial charge is 0.335 e. The number of hydrogen-bond acceptors (Lipinski definition) is 2. The van der Waals surface area contributed by atoms with Gasteiger partial charge in [0.25, 0.3) is 0 Å². The topological polar surface area (TPSA) is 51.1 Å². The average molecular weight is 334 g/mol. The number of aldehydes is 1. The highest BCUT2D eigenvalue weighted by Crippen LogP contribution is 2.26. The summed E-state index contributed by atoms with van der Waals surface area (Å²) in [6, 6.07) is 11.2. The van der Waals surface area contributed by atoms with Gasteiger partial charge >= 0.3 is 0 Å². The number of anilines is 1. The smallest absolute Gasteiger partial charge is 0.247 e. The molecule has 0 aliphatic rings. The van der Waals surface area contributed by atoms with Crippen LogP contribution in [0.2, 0.25) is 0 Å². The summed E-state index contributed by atoms with van der Waals surface area (Å²) in [7, 11) is 0. The van der Waals surface area contributed by atoms with Gasteiger partial charge in [0.05, 0.1) is 0 Å². The van der Waals surface area contributed by atoms with Crippen molar-refractivity contribution < 1.29 is 9.59 Å². The lowest BCUT2D eigenvalue weighted by Crippen LogP contribution is -2.23. The molecular formula is C21H22N2O2. The zero-order valence-electron chi connectivity index (χ0n) is 15.0. The normalized spacial score (nSPS) is 12.2. The molecule has 1 amide bonds. The molecule has 0 radical (unpaired) electrons. The Balaban J connectivity index is 1.93. The lowest BCUT2D eigenvalue weighted by molar-refractivity contribution is -0.118. The third-order valence-electron chi connectivity index (χ3n) is 4.64. The van der Waals surface area contributed by atoms with Crippen molar-refractivity contribution in [3.8, 4) is 0 Å². The fourth-order valence-corrected chi connectivity index (χ4v) is 3.07. The molecule has 0 fully saturated rings. The van der Waals surface area contributed by atoms with Gasteiger partial charge in [0.15, 0.2) is 0 Å². The number of benzene rings is 2. The minimum Gasteiger partial charge on any atom is -0.335 e. The van der Waals surface area contributed by atoms with E-state index in [1.165, 1.54) is 0 Å². The second-order valence-electron chi connectivity index (χ2n) is 6.60. The fourth-order valence-electron chi connectivity index (χ4n) is 3.07. The number of aromatic nitrogens is 1. The number of carbonyl (C=O) groups is 2. The number of hydrogen-bond donors (Lipinski definition) is 1. The Morgan fingerprint density at radius 2 is 1.84 bits per heavy atom. The van der Waals surface area contributed by atoms with E-state index in [4.69, 9.17) is 0 Å². The molecule has 1 atom stereocenters. The molecular weight excluding hydrogens is 312 g/mol. The molecule has 1 aromatic heterocycles. The number of carbonyl (C=O) groups excluding carboxylic acids is 2. The molecule has 1 heterocycles. The van der Waals surface area contributed by atoms with Gasteiger partial charge in [-0.1, -0.05) is 12.1 Å². The average Bonchev–Trinajstić information content (AvgIpc) is 2.93. The highest BCUT2D eigenvalue weighted by atomic mass is 16.2. The second kappa shape index (κ2) is 6.55. The minimum atomic E-state index is -0.363. The van der Waals surface area contributed by atoms with Crippen LogP contribution in [0.3, 0.4) is 0 Å². The fraction of sp³-hybridized carbons (Fsp3) is 0.238. The van der Waals surface area contributed by atoms with Gasteiger partial charge < -0.3 is 9.88 Å². The lowest BCUT2D eigenvalue weighted by atomic mass is 10.1. The maximum absolute atomic E-state index is 12.8. The van der Waals surface area contributed by atoms with Crippen molar-refractivity contribution in [1.29, 1.82) is 0 Å². The molecule has 25 heavy (non-hydrogen) atoms. The standard InChI is InChI=1S/C21H22N2O2/c1-13-5-6-14(2)19(9-13)22-21(25)16(4)23-11-15(3)18-10-17(12-24)7-8-20(18)23/h5-12,16H,1-4H3,(H,22,25). The van der Waals surface area contributed by atoms with Gasteiger partial charge in [-0.15, -0.1) is 0 Å². The van der Waals surface area contributed by atoms with Crippen LogP contribution in [0.5, 0.6) is 0 Å². The van der Waals surface area contributed by atoms with Crippen LogP contribution in [0.25, 0.3) is 10.9 Å². The van der Waals surface area contributed by atoms with Gasteiger partial charge in [-0.05, 0) is 68.7 Å². The third kappa shape index (κ3) is 3.20. The molecule has 0 spiro atoms. The zero-order valence-corrected chi connectivity index (χ0v) is 15.0. The summed E-state index contributed by atoms with van der Waals surface area (Å²) in [4.78, 5) is 23.8. The van der Waals surface area contributed by atoms with Crippen LogP contribution in [0, 0.1) is 20.8 Å². The summed E-state index contributed by atoms with van der Waals surface area (Å²) < 4.78 is 1.96. The van der Waals surface area contributed by atoms with E-state index in [2.05, 4.69) is 5.32 Å². The molecule has 0 saturated heterocycles. The Bertz CT molecular complexity index is 969. The molecule has 0 bridgehead atoms. The van der Waals surface area contributed by atoms with Gasteiger partial charge in [0, 0.05) is 28.4 Å². The molecule has 2 aromatic carbocycles. The summed E-state index contributed by atoms with van der Waals surface area (Å²) in [6.07, 6.45) is 2.81. The molecule has 4 nitrogen and oxygen atoms in total. The van der Waals surface area contributed by atoms with Crippen molar-refractivity contribution in [3.05, 3.63) is 64.8 Å². The van der Waals surface area contributed by atoms with Gasteiger partial charge in [-0.2, -0.15) is 0 Å². The van der Waals surface area contributed by atoms with E-state index in [0.29, 0.717) is 5.56 Å². The van der Waals surface area contributed by atoms with E-state index in [-0.39, 0.29) is 11.9 Å². The molecule has 1 N–H and O–H groups in total. The number of aryl methyl sites for hydroxylation is 3. The second-order valence-corrected chi connectivity index (χ2v) is 6.60. The van der Waals surface area contributed by atoms with E-state index in [0.717, 1.165) is 39.6 Å². The van der Waals surface area contributed by atoms with Crippen LogP contribution in [0.4, 0.5) is 5.69 Å². The predicted molar refractivity (Wildman–Crippen MR) is 101 cm³/mol. The van der Waals surface area contributed by atoms with Crippen molar-refractivity contribution in [2.45, 2.75) is 33.7 Å². The van der Waals surface area contributed by atoms with E-state index >= 15 is 0 Å². The SMILES string of the molecule is Cc1ccc(C)c(NC(=O)C(C)n2cc(C)c3cc(C=O)ccc32)c1. The minimum absolute atomic E-state index is 0.0648. The summed E-state index contributed by atoms with van der Waals surface area (Å²) in [5.74, 6) is -0.0648. The quantitative estimate of drug-likeness (QED) is 0.710. The number of rotatable bonds is 4. The van der Waals surface area contributed by atoms with Crippen molar-refractivity contribution in [3.63, 3.8) is 0 Å². The molecule has 0 aliphatic heterocycles. The molecule has 3 aromatic rings. The van der Waals surface area contributed by atoms with Gasteiger partial charge in [0.2, 0.25) is 5.91 Å². The number of nitrogens with zero attached hydrogens (tertiary/aromatic N) is 1. The van der Waals surface area contributed by atoms with Crippen LogP contribution >= 0.6 is 0 Å². The maximum atomic E-state index is 12.8. The van der Waals surface area contributed by atoms with E-state index in [9.17, 15) is 9.59 Å². The first-order chi connectivity index (χ1) is 11.9. The van der Waals surface area contributed by atoms with Gasteiger partial charge in [-0.3, -0.25) is 9.59 Å². The Hall–Kier alpha value is -2.88. The Morgan fingerprint density at radius 1 is 1.08 bits per heavy atom. The van der Waals surface area contributed by atoms with Gasteiger partial charge in [0.1, 0.15) is 12.3 Å². The monoisotopic (exact) mass is 334 g/mol. The zero-order chi connectivity index (χ0) is 18.1. The Labute approximate surface area is 147 Å². The van der Waals surface area contributed by atoms with E-state index < -0.39 is 0 Å². The van der Waals surface area contributed by atoms with Crippen LogP contribution in [0.15, 0.2) is 42.6 Å². The summed E-state index contributed by atoms with van der Waals surface area (Å²) in [5.41, 5.74) is 5.62. The van der Waals surface area contributed by atoms with Crippen molar-refractivity contribution >= 4 is 28.8 Å². The van der Waals surface area contributed by atoms with Crippen LogP contribution in [-0.4, -0.2) is 16.8 Å². The maximum Gasteiger partial charge on any atom is 0.247 e. The van der Waals surface area contributed by atoms with Crippen molar-refractivity contribution in [1.82, 2.24) is 4.57 Å². The summed E-state index contributed by atoms with van der Waals surface area (Å²) >= 11 is 0. The van der Waals surface area contributed by atoms with Crippen molar-refractivity contribution in [2.75, 3.05) is 5.32 Å². The molecule has 0 saturated carbocycles. The molecule has 4 heteroatoms. The van der Waals surface area contributed by atoms with Crippen molar-refractivity contribution in [2.24, 2.45) is 0 Å². The first-order valence-corrected chi connectivity index (χ1v) is 8.35. The van der Waals surface area contributed by atoms with Crippen LogP contribution in [-0.2, 0) is 4.79 Å².